The Balaban J connectivity index is 2.12. The molecule has 0 aromatic rings. The summed E-state index contributed by atoms with van der Waals surface area (Å²) in [5, 5.41) is 0. The van der Waals surface area contributed by atoms with Gasteiger partial charge in [-0.1, -0.05) is 24.8 Å². The lowest BCUT2D eigenvalue weighted by Gasteiger charge is -2.33. The van der Waals surface area contributed by atoms with Gasteiger partial charge in [-0.3, -0.25) is 0 Å². The van der Waals surface area contributed by atoms with E-state index < -0.39 is 0 Å². The van der Waals surface area contributed by atoms with E-state index in [1.54, 1.807) is 0 Å². The van der Waals surface area contributed by atoms with Crippen LogP contribution >= 0.6 is 0 Å². The van der Waals surface area contributed by atoms with Crippen molar-refractivity contribution < 1.29 is 4.74 Å². The highest BCUT2D eigenvalue weighted by molar-refractivity contribution is 4.89. The standard InChI is InChI=1S/C12H23NO/c1-11(2)6-9-14-10-12(13)7-4-3-5-8-12/h1,3-10,13H2,2H3. The third-order valence-electron chi connectivity index (χ3n) is 2.91. The maximum absolute atomic E-state index is 6.23. The molecule has 0 bridgehead atoms. The Morgan fingerprint density at radius 3 is 2.57 bits per heavy atom. The number of nitrogens with two attached hydrogens (primary N) is 1. The van der Waals surface area contributed by atoms with Gasteiger partial charge in [0.2, 0.25) is 0 Å². The lowest BCUT2D eigenvalue weighted by atomic mass is 9.83. The van der Waals surface area contributed by atoms with E-state index in [0.717, 1.165) is 32.5 Å². The van der Waals surface area contributed by atoms with Crippen molar-refractivity contribution in [2.75, 3.05) is 13.2 Å². The van der Waals surface area contributed by atoms with Gasteiger partial charge in [-0.15, -0.1) is 6.58 Å². The van der Waals surface area contributed by atoms with Gasteiger partial charge in [0, 0.05) is 5.54 Å². The molecule has 1 aliphatic rings. The summed E-state index contributed by atoms with van der Waals surface area (Å²) in [6.45, 7) is 7.37. The molecule has 0 radical (unpaired) electrons. The van der Waals surface area contributed by atoms with Crippen molar-refractivity contribution in [1.82, 2.24) is 0 Å². The fourth-order valence-electron chi connectivity index (χ4n) is 1.92. The molecule has 2 N–H and O–H groups in total. The summed E-state index contributed by atoms with van der Waals surface area (Å²) >= 11 is 0. The Morgan fingerprint density at radius 2 is 2.00 bits per heavy atom. The molecule has 1 fully saturated rings. The third-order valence-corrected chi connectivity index (χ3v) is 2.91. The SMILES string of the molecule is C=C(C)CCOCC1(N)CCCCC1. The second-order valence-corrected chi connectivity index (χ2v) is 4.68. The Kier molecular flexibility index (Phi) is 4.63. The highest BCUT2D eigenvalue weighted by atomic mass is 16.5. The zero-order valence-electron chi connectivity index (χ0n) is 9.35. The van der Waals surface area contributed by atoms with Crippen molar-refractivity contribution in [1.29, 1.82) is 0 Å². The van der Waals surface area contributed by atoms with E-state index in [0.29, 0.717) is 0 Å². The maximum Gasteiger partial charge on any atom is 0.0646 e. The van der Waals surface area contributed by atoms with Crippen molar-refractivity contribution in [2.24, 2.45) is 5.73 Å². The summed E-state index contributed by atoms with van der Waals surface area (Å²) in [5.41, 5.74) is 7.37. The molecule has 14 heavy (non-hydrogen) atoms. The summed E-state index contributed by atoms with van der Waals surface area (Å²) in [7, 11) is 0. The van der Waals surface area contributed by atoms with Crippen LogP contribution in [0.1, 0.15) is 45.4 Å². The predicted molar refractivity (Wildman–Crippen MR) is 60.3 cm³/mol. The van der Waals surface area contributed by atoms with Gasteiger partial charge in [0.1, 0.15) is 0 Å². The van der Waals surface area contributed by atoms with Gasteiger partial charge in [0.15, 0.2) is 0 Å². The van der Waals surface area contributed by atoms with Gasteiger partial charge in [-0.25, -0.2) is 0 Å². The molecule has 1 rings (SSSR count). The first-order chi connectivity index (χ1) is 6.62. The number of hydrogen-bond acceptors (Lipinski definition) is 2. The summed E-state index contributed by atoms with van der Waals surface area (Å²) in [5.74, 6) is 0. The predicted octanol–water partition coefficient (Wildman–Crippen LogP) is 2.63. The van der Waals surface area contributed by atoms with Crippen molar-refractivity contribution >= 4 is 0 Å². The molecule has 0 aliphatic heterocycles. The molecular weight excluding hydrogens is 174 g/mol. The van der Waals surface area contributed by atoms with E-state index in [2.05, 4.69) is 6.58 Å². The van der Waals surface area contributed by atoms with Crippen LogP contribution in [0.3, 0.4) is 0 Å². The Bertz CT molecular complexity index is 183. The molecule has 0 aromatic heterocycles. The molecule has 82 valence electrons. The van der Waals surface area contributed by atoms with Gasteiger partial charge in [0.25, 0.3) is 0 Å². The van der Waals surface area contributed by atoms with Crippen molar-refractivity contribution in [3.05, 3.63) is 12.2 Å². The molecule has 0 saturated heterocycles. The largest absolute Gasteiger partial charge is 0.379 e. The summed E-state index contributed by atoms with van der Waals surface area (Å²) in [4.78, 5) is 0. The van der Waals surface area contributed by atoms with Crippen LogP contribution in [0.15, 0.2) is 12.2 Å². The summed E-state index contributed by atoms with van der Waals surface area (Å²) < 4.78 is 5.60. The van der Waals surface area contributed by atoms with Crippen LogP contribution in [0.2, 0.25) is 0 Å². The van der Waals surface area contributed by atoms with Crippen LogP contribution in [0.4, 0.5) is 0 Å². The van der Waals surface area contributed by atoms with E-state index in [1.807, 2.05) is 6.92 Å². The van der Waals surface area contributed by atoms with E-state index in [9.17, 15) is 0 Å². The van der Waals surface area contributed by atoms with Crippen LogP contribution in [-0.4, -0.2) is 18.8 Å². The zero-order chi connectivity index (χ0) is 10.4. The van der Waals surface area contributed by atoms with Crippen molar-refractivity contribution in [2.45, 2.75) is 51.0 Å². The van der Waals surface area contributed by atoms with Crippen LogP contribution in [-0.2, 0) is 4.74 Å². The molecule has 2 nitrogen and oxygen atoms in total. The lowest BCUT2D eigenvalue weighted by molar-refractivity contribution is 0.0698. The highest BCUT2D eigenvalue weighted by Crippen LogP contribution is 2.25. The average Bonchev–Trinajstić information content (AvgIpc) is 2.14. The minimum atomic E-state index is -0.0344. The number of ether oxygens (including phenoxy) is 1. The monoisotopic (exact) mass is 197 g/mol. The minimum Gasteiger partial charge on any atom is -0.379 e. The van der Waals surface area contributed by atoms with Crippen LogP contribution in [0, 0.1) is 0 Å². The van der Waals surface area contributed by atoms with E-state index in [4.69, 9.17) is 10.5 Å². The molecule has 1 aliphatic carbocycles. The minimum absolute atomic E-state index is 0.0344. The maximum atomic E-state index is 6.23. The van der Waals surface area contributed by atoms with Gasteiger partial charge >= 0.3 is 0 Å². The Hall–Kier alpha value is -0.340. The van der Waals surface area contributed by atoms with Crippen LogP contribution in [0.5, 0.6) is 0 Å². The Labute approximate surface area is 87.5 Å². The number of hydrogen-bond donors (Lipinski definition) is 1. The summed E-state index contributed by atoms with van der Waals surface area (Å²) in [6, 6.07) is 0. The smallest absolute Gasteiger partial charge is 0.0646 e. The lowest BCUT2D eigenvalue weighted by Crippen LogP contribution is -2.46. The molecule has 0 aromatic carbocycles. The topological polar surface area (TPSA) is 35.2 Å². The van der Waals surface area contributed by atoms with Crippen molar-refractivity contribution in [3.63, 3.8) is 0 Å². The second kappa shape index (κ2) is 5.52. The Morgan fingerprint density at radius 1 is 1.36 bits per heavy atom. The van der Waals surface area contributed by atoms with Gasteiger partial charge in [-0.05, 0) is 26.2 Å². The number of rotatable bonds is 5. The summed E-state index contributed by atoms with van der Waals surface area (Å²) in [6.07, 6.45) is 7.07. The fourth-order valence-corrected chi connectivity index (χ4v) is 1.92. The van der Waals surface area contributed by atoms with E-state index in [1.165, 1.54) is 24.8 Å². The van der Waals surface area contributed by atoms with Crippen LogP contribution < -0.4 is 5.73 Å². The van der Waals surface area contributed by atoms with Gasteiger partial charge in [0.05, 0.1) is 13.2 Å². The fraction of sp³-hybridized carbons (Fsp3) is 0.833. The molecule has 2 heteroatoms. The van der Waals surface area contributed by atoms with Gasteiger partial charge < -0.3 is 10.5 Å². The third kappa shape index (κ3) is 4.25. The molecule has 0 unspecified atom stereocenters. The van der Waals surface area contributed by atoms with Gasteiger partial charge in [-0.2, -0.15) is 0 Å². The normalized spacial score (nSPS) is 20.7. The average molecular weight is 197 g/mol. The van der Waals surface area contributed by atoms with E-state index >= 15 is 0 Å². The van der Waals surface area contributed by atoms with Crippen LogP contribution in [0.25, 0.3) is 0 Å². The molecule has 0 spiro atoms. The second-order valence-electron chi connectivity index (χ2n) is 4.68. The first kappa shape index (κ1) is 11.7. The molecule has 0 atom stereocenters. The van der Waals surface area contributed by atoms with Crippen molar-refractivity contribution in [3.8, 4) is 0 Å². The highest BCUT2D eigenvalue weighted by Gasteiger charge is 2.27. The molecular formula is C12H23NO. The molecule has 0 amide bonds. The molecule has 1 saturated carbocycles. The quantitative estimate of drug-likeness (QED) is 0.543. The first-order valence-corrected chi connectivity index (χ1v) is 5.63. The first-order valence-electron chi connectivity index (χ1n) is 5.63. The van der Waals surface area contributed by atoms with E-state index in [-0.39, 0.29) is 5.54 Å². The molecule has 0 heterocycles. The zero-order valence-corrected chi connectivity index (χ0v) is 9.35.